The average Bonchev–Trinajstić information content (AvgIpc) is 2.81. The molecule has 1 heterocycles. The van der Waals surface area contributed by atoms with Gasteiger partial charge in [-0.3, -0.25) is 9.59 Å². The van der Waals surface area contributed by atoms with E-state index in [0.717, 1.165) is 22.2 Å². The Labute approximate surface area is 170 Å². The minimum atomic E-state index is -0.126. The van der Waals surface area contributed by atoms with Crippen LogP contribution in [0.2, 0.25) is 0 Å². The molecule has 5 aromatic carbocycles. The summed E-state index contributed by atoms with van der Waals surface area (Å²) in [5.41, 5.74) is 4.09. The van der Waals surface area contributed by atoms with E-state index in [1.807, 2.05) is 60.7 Å². The quantitative estimate of drug-likeness (QED) is 0.313. The van der Waals surface area contributed by atoms with Crippen LogP contribution in [0, 0.1) is 0 Å². The molecule has 0 aliphatic rings. The second-order valence-corrected chi connectivity index (χ2v) is 7.40. The molecule has 0 saturated carbocycles. The molecule has 142 valence electrons. The van der Waals surface area contributed by atoms with Gasteiger partial charge in [-0.1, -0.05) is 54.6 Å². The van der Waals surface area contributed by atoms with Gasteiger partial charge in [0.05, 0.1) is 27.5 Å². The summed E-state index contributed by atoms with van der Waals surface area (Å²) < 4.78 is 2.07. The zero-order valence-electron chi connectivity index (χ0n) is 15.9. The number of aromatic nitrogens is 2. The van der Waals surface area contributed by atoms with Crippen molar-refractivity contribution in [2.75, 3.05) is 0 Å². The zero-order chi connectivity index (χ0) is 20.2. The van der Waals surface area contributed by atoms with Gasteiger partial charge in [-0.2, -0.15) is 0 Å². The van der Waals surface area contributed by atoms with E-state index < -0.39 is 0 Å². The summed E-state index contributed by atoms with van der Waals surface area (Å²) in [6, 6.07) is 28.6. The van der Waals surface area contributed by atoms with Gasteiger partial charge < -0.3 is 9.55 Å². The smallest absolute Gasteiger partial charge is 0.196 e. The molecule has 0 amide bonds. The first-order valence-electron chi connectivity index (χ1n) is 9.81. The van der Waals surface area contributed by atoms with E-state index in [9.17, 15) is 9.59 Å². The van der Waals surface area contributed by atoms with Gasteiger partial charge in [0.1, 0.15) is 0 Å². The molecule has 1 N–H and O–H groups in total. The lowest BCUT2D eigenvalue weighted by Gasteiger charge is -2.17. The largest absolute Gasteiger partial charge is 0.352 e. The molecule has 0 atom stereocenters. The lowest BCUT2D eigenvalue weighted by Crippen LogP contribution is -2.15. The van der Waals surface area contributed by atoms with Crippen molar-refractivity contribution < 1.29 is 0 Å². The highest BCUT2D eigenvalue weighted by Crippen LogP contribution is 2.29. The first kappa shape index (κ1) is 16.7. The topological polar surface area (TPSA) is 54.9 Å². The van der Waals surface area contributed by atoms with Crippen LogP contribution in [-0.2, 0) is 0 Å². The third-order valence-corrected chi connectivity index (χ3v) is 5.72. The number of aromatic amines is 1. The van der Waals surface area contributed by atoms with Crippen LogP contribution in [0.3, 0.4) is 0 Å². The van der Waals surface area contributed by atoms with Crippen molar-refractivity contribution in [3.8, 4) is 5.69 Å². The summed E-state index contributed by atoms with van der Waals surface area (Å²) in [4.78, 5) is 30.3. The molecular formula is C26H16N2O2. The molecule has 0 aliphatic carbocycles. The second kappa shape index (κ2) is 6.16. The molecule has 0 aliphatic heterocycles. The fraction of sp³-hybridized carbons (Fsp3) is 0. The molecule has 6 rings (SSSR count). The third-order valence-electron chi connectivity index (χ3n) is 5.72. The molecule has 4 nitrogen and oxygen atoms in total. The van der Waals surface area contributed by atoms with Crippen LogP contribution in [0.15, 0.2) is 101 Å². The number of benzene rings is 5. The number of para-hydroxylation sites is 3. The maximum atomic E-state index is 13.6. The van der Waals surface area contributed by atoms with Gasteiger partial charge in [0, 0.05) is 21.8 Å². The minimum absolute atomic E-state index is 0.116. The van der Waals surface area contributed by atoms with E-state index in [1.54, 1.807) is 30.3 Å². The standard InChI is InChI=1S/C26H16N2O2/c29-25-17-10-4-5-11-18(17)26(30)23-19(25)14-15-21-24(23)28(16-8-2-1-3-9-16)22-13-7-6-12-20(22)27-21/h1-15,27H. The summed E-state index contributed by atoms with van der Waals surface area (Å²) in [6.07, 6.45) is 0. The molecule has 30 heavy (non-hydrogen) atoms. The highest BCUT2D eigenvalue weighted by molar-refractivity contribution is 6.11. The summed E-state index contributed by atoms with van der Waals surface area (Å²) in [5.74, 6) is 0. The fourth-order valence-corrected chi connectivity index (χ4v) is 4.39. The predicted octanol–water partition coefficient (Wildman–Crippen LogP) is 5.14. The van der Waals surface area contributed by atoms with E-state index in [4.69, 9.17) is 0 Å². The summed E-state index contributed by atoms with van der Waals surface area (Å²) in [6.45, 7) is 0. The summed E-state index contributed by atoms with van der Waals surface area (Å²) >= 11 is 0. The van der Waals surface area contributed by atoms with Crippen LogP contribution < -0.4 is 10.9 Å². The number of fused-ring (bicyclic) bond motifs is 5. The van der Waals surface area contributed by atoms with Gasteiger partial charge in [0.2, 0.25) is 0 Å². The average molecular weight is 388 g/mol. The van der Waals surface area contributed by atoms with Crippen LogP contribution in [0.25, 0.3) is 49.3 Å². The predicted molar refractivity (Wildman–Crippen MR) is 123 cm³/mol. The molecular weight excluding hydrogens is 372 g/mol. The SMILES string of the molecule is O=c1c2ccccc2c(=O)c2c1ccc1[nH]c3ccccc3n(-c3ccccc3)c12. The zero-order valence-corrected chi connectivity index (χ0v) is 15.9. The van der Waals surface area contributed by atoms with Crippen LogP contribution >= 0.6 is 0 Å². The van der Waals surface area contributed by atoms with Crippen LogP contribution in [0.4, 0.5) is 0 Å². The fourth-order valence-electron chi connectivity index (χ4n) is 4.39. The number of hydrogen-bond acceptors (Lipinski definition) is 2. The van der Waals surface area contributed by atoms with Crippen LogP contribution in [0.1, 0.15) is 0 Å². The van der Waals surface area contributed by atoms with E-state index in [-0.39, 0.29) is 10.9 Å². The molecule has 4 heteroatoms. The number of rotatable bonds is 1. The Bertz CT molecular complexity index is 1730. The van der Waals surface area contributed by atoms with E-state index in [1.165, 1.54) is 0 Å². The van der Waals surface area contributed by atoms with Gasteiger partial charge in [-0.25, -0.2) is 0 Å². The first-order valence-corrected chi connectivity index (χ1v) is 9.81. The Morgan fingerprint density at radius 1 is 0.567 bits per heavy atom. The highest BCUT2D eigenvalue weighted by Gasteiger charge is 2.17. The Morgan fingerprint density at radius 2 is 1.23 bits per heavy atom. The Balaban J connectivity index is 1.99. The molecule has 0 bridgehead atoms. The molecule has 0 radical (unpaired) electrons. The van der Waals surface area contributed by atoms with Gasteiger partial charge in [-0.15, -0.1) is 0 Å². The van der Waals surface area contributed by atoms with E-state index >= 15 is 0 Å². The lowest BCUT2D eigenvalue weighted by atomic mass is 10.0. The molecule has 0 unspecified atom stereocenters. The molecule has 0 fully saturated rings. The molecule has 0 spiro atoms. The molecule has 6 aromatic rings. The number of H-pyrrole nitrogens is 1. The highest BCUT2D eigenvalue weighted by atomic mass is 16.1. The van der Waals surface area contributed by atoms with Crippen molar-refractivity contribution in [3.63, 3.8) is 0 Å². The Hall–Kier alpha value is -4.18. The number of nitrogens with one attached hydrogen (secondary N) is 1. The second-order valence-electron chi connectivity index (χ2n) is 7.40. The minimum Gasteiger partial charge on any atom is -0.352 e. The third kappa shape index (κ3) is 2.22. The molecule has 0 saturated heterocycles. The number of nitrogens with zero attached hydrogens (tertiary/aromatic N) is 1. The summed E-state index contributed by atoms with van der Waals surface area (Å²) in [7, 11) is 0. The normalized spacial score (nSPS) is 11.6. The first-order chi connectivity index (χ1) is 14.7. The van der Waals surface area contributed by atoms with Crippen molar-refractivity contribution >= 4 is 43.6 Å². The van der Waals surface area contributed by atoms with Crippen molar-refractivity contribution in [1.29, 1.82) is 0 Å². The van der Waals surface area contributed by atoms with Crippen LogP contribution in [-0.4, -0.2) is 9.55 Å². The summed E-state index contributed by atoms with van der Waals surface area (Å²) in [5, 5.41) is 1.81. The lowest BCUT2D eigenvalue weighted by molar-refractivity contribution is 1.15. The Kier molecular flexibility index (Phi) is 3.44. The number of hydrogen-bond donors (Lipinski definition) is 1. The van der Waals surface area contributed by atoms with Crippen LogP contribution in [0.5, 0.6) is 0 Å². The Morgan fingerprint density at radius 3 is 2.03 bits per heavy atom. The maximum Gasteiger partial charge on any atom is 0.196 e. The van der Waals surface area contributed by atoms with Gasteiger partial charge in [0.25, 0.3) is 0 Å². The van der Waals surface area contributed by atoms with Gasteiger partial charge in [0.15, 0.2) is 10.9 Å². The van der Waals surface area contributed by atoms with E-state index in [2.05, 4.69) is 9.55 Å². The van der Waals surface area contributed by atoms with Crippen molar-refractivity contribution in [3.05, 3.63) is 111 Å². The maximum absolute atomic E-state index is 13.6. The van der Waals surface area contributed by atoms with Gasteiger partial charge in [-0.05, 0) is 36.4 Å². The van der Waals surface area contributed by atoms with Gasteiger partial charge >= 0.3 is 0 Å². The van der Waals surface area contributed by atoms with Crippen molar-refractivity contribution in [2.45, 2.75) is 0 Å². The van der Waals surface area contributed by atoms with E-state index in [0.29, 0.717) is 27.1 Å². The molecule has 1 aromatic heterocycles. The van der Waals surface area contributed by atoms with Crippen molar-refractivity contribution in [2.24, 2.45) is 0 Å². The van der Waals surface area contributed by atoms with Crippen molar-refractivity contribution in [1.82, 2.24) is 9.55 Å². The monoisotopic (exact) mass is 388 g/mol.